The van der Waals surface area contributed by atoms with Crippen LogP contribution in [0.25, 0.3) is 0 Å². The first-order chi connectivity index (χ1) is 19.0. The quantitative estimate of drug-likeness (QED) is 0.236. The molecule has 0 spiro atoms. The Hall–Kier alpha value is -2.61. The highest BCUT2D eigenvalue weighted by Crippen LogP contribution is 2.22. The summed E-state index contributed by atoms with van der Waals surface area (Å²) in [5, 5.41) is 8.84. The number of hydrogen-bond donors (Lipinski definition) is 3. The maximum Gasteiger partial charge on any atom is 0.329 e. The summed E-state index contributed by atoms with van der Waals surface area (Å²) in [6.07, 6.45) is 7.72. The number of esters is 1. The molecule has 2 rings (SSSR count). The predicted molar refractivity (Wildman–Crippen MR) is 158 cm³/mol. The topological polar surface area (TPSA) is 114 Å². The van der Waals surface area contributed by atoms with Crippen LogP contribution in [0.1, 0.15) is 98.0 Å². The van der Waals surface area contributed by atoms with E-state index in [0.717, 1.165) is 31.2 Å². The molecule has 8 nitrogen and oxygen atoms in total. The normalized spacial score (nSPS) is 24.4. The lowest BCUT2D eigenvalue weighted by Gasteiger charge is -2.29. The summed E-state index contributed by atoms with van der Waals surface area (Å²) in [4.78, 5) is 53.0. The molecule has 0 bridgehead atoms. The first-order valence-corrected chi connectivity index (χ1v) is 15.3. The molecule has 0 saturated carbocycles. The second kappa shape index (κ2) is 17.3. The van der Waals surface area contributed by atoms with Crippen molar-refractivity contribution in [1.29, 1.82) is 0 Å². The van der Waals surface area contributed by atoms with Crippen molar-refractivity contribution in [1.82, 2.24) is 16.0 Å². The van der Waals surface area contributed by atoms with Crippen LogP contribution < -0.4 is 16.0 Å². The van der Waals surface area contributed by atoms with Gasteiger partial charge in [-0.25, -0.2) is 4.79 Å². The van der Waals surface area contributed by atoms with Crippen LogP contribution in [0.5, 0.6) is 0 Å². The number of carbonyl (C=O) groups is 4. The molecule has 6 atom stereocenters. The number of halogens is 1. The Bertz CT molecular complexity index is 987. The summed E-state index contributed by atoms with van der Waals surface area (Å²) < 4.78 is 5.97. The van der Waals surface area contributed by atoms with E-state index < -0.39 is 42.0 Å². The summed E-state index contributed by atoms with van der Waals surface area (Å²) in [6.45, 7) is 9.53. The monoisotopic (exact) mass is 577 g/mol. The van der Waals surface area contributed by atoms with Gasteiger partial charge in [0.1, 0.15) is 24.2 Å². The van der Waals surface area contributed by atoms with E-state index in [1.54, 1.807) is 25.1 Å². The Morgan fingerprint density at radius 1 is 0.925 bits per heavy atom. The lowest BCUT2D eigenvalue weighted by atomic mass is 9.93. The predicted octanol–water partition coefficient (Wildman–Crippen LogP) is 5.11. The molecule has 224 valence electrons. The van der Waals surface area contributed by atoms with Crippen molar-refractivity contribution in [3.8, 4) is 0 Å². The lowest BCUT2D eigenvalue weighted by molar-refractivity contribution is -0.158. The maximum absolute atomic E-state index is 13.4. The van der Waals surface area contributed by atoms with Gasteiger partial charge in [0.2, 0.25) is 17.7 Å². The van der Waals surface area contributed by atoms with Gasteiger partial charge in [0.25, 0.3) is 0 Å². The molecule has 1 fully saturated rings. The third-order valence-electron chi connectivity index (χ3n) is 7.80. The van der Waals surface area contributed by atoms with Gasteiger partial charge in [0.05, 0.1) is 6.42 Å². The van der Waals surface area contributed by atoms with Crippen LogP contribution >= 0.6 is 11.6 Å². The van der Waals surface area contributed by atoms with E-state index in [-0.39, 0.29) is 30.6 Å². The molecule has 40 heavy (non-hydrogen) atoms. The van der Waals surface area contributed by atoms with Crippen LogP contribution in [0.2, 0.25) is 5.02 Å². The number of ether oxygens (including phenoxy) is 1. The Kier molecular flexibility index (Phi) is 14.5. The van der Waals surface area contributed by atoms with Gasteiger partial charge in [-0.05, 0) is 42.9 Å². The highest BCUT2D eigenvalue weighted by molar-refractivity contribution is 6.30. The van der Waals surface area contributed by atoms with Gasteiger partial charge in [0, 0.05) is 11.4 Å². The average molecular weight is 578 g/mol. The number of carbonyl (C=O) groups excluding carboxylic acids is 4. The number of rotatable bonds is 12. The summed E-state index contributed by atoms with van der Waals surface area (Å²) in [5.41, 5.74) is 0.769. The largest absolute Gasteiger partial charge is 0.460 e. The summed E-state index contributed by atoms with van der Waals surface area (Å²) in [7, 11) is 0. The summed E-state index contributed by atoms with van der Waals surface area (Å²) >= 11 is 6.14. The van der Waals surface area contributed by atoms with Crippen molar-refractivity contribution in [3.05, 3.63) is 34.9 Å². The number of benzene rings is 1. The molecule has 9 heteroatoms. The van der Waals surface area contributed by atoms with Crippen molar-refractivity contribution >= 4 is 35.3 Å². The van der Waals surface area contributed by atoms with Gasteiger partial charge >= 0.3 is 5.97 Å². The van der Waals surface area contributed by atoms with E-state index in [9.17, 15) is 19.2 Å². The molecule has 0 aliphatic carbocycles. The van der Waals surface area contributed by atoms with Gasteiger partial charge in [-0.1, -0.05) is 96.4 Å². The molecule has 1 aliphatic rings. The Morgan fingerprint density at radius 2 is 1.62 bits per heavy atom. The Labute approximate surface area is 244 Å². The molecule has 0 aromatic heterocycles. The van der Waals surface area contributed by atoms with Gasteiger partial charge in [-0.3, -0.25) is 14.4 Å². The SMILES string of the molecule is CCCCCCCCC(C)C1CC(=O)NC(Cc2cccc(Cl)c2)C(=O)NC(C)C(=O)NC(C(C)CC)C(=O)O1. The molecule has 1 saturated heterocycles. The first kappa shape index (κ1) is 33.6. The summed E-state index contributed by atoms with van der Waals surface area (Å²) in [5.74, 6) is -2.18. The van der Waals surface area contributed by atoms with E-state index in [2.05, 4.69) is 22.9 Å². The number of hydrogen-bond acceptors (Lipinski definition) is 5. The molecule has 1 aliphatic heterocycles. The van der Waals surface area contributed by atoms with Gasteiger partial charge in [-0.15, -0.1) is 0 Å². The van der Waals surface area contributed by atoms with Crippen LogP contribution in [0, 0.1) is 11.8 Å². The highest BCUT2D eigenvalue weighted by atomic mass is 35.5. The fourth-order valence-corrected chi connectivity index (χ4v) is 5.10. The highest BCUT2D eigenvalue weighted by Gasteiger charge is 2.35. The maximum atomic E-state index is 13.4. The molecule has 1 aromatic carbocycles. The van der Waals surface area contributed by atoms with Crippen molar-refractivity contribution in [2.24, 2.45) is 11.8 Å². The van der Waals surface area contributed by atoms with E-state index in [1.807, 2.05) is 26.8 Å². The number of amides is 3. The summed E-state index contributed by atoms with van der Waals surface area (Å²) in [6, 6.07) is 4.34. The second-order valence-corrected chi connectivity index (χ2v) is 11.7. The first-order valence-electron chi connectivity index (χ1n) is 14.9. The average Bonchev–Trinajstić information content (AvgIpc) is 2.91. The fraction of sp³-hybridized carbons (Fsp3) is 0.677. The zero-order chi connectivity index (χ0) is 29.7. The van der Waals surface area contributed by atoms with Crippen molar-refractivity contribution in [3.63, 3.8) is 0 Å². The van der Waals surface area contributed by atoms with Crippen LogP contribution in [0.15, 0.2) is 24.3 Å². The lowest BCUT2D eigenvalue weighted by Crippen LogP contribution is -2.55. The van der Waals surface area contributed by atoms with Crippen LogP contribution in [-0.2, 0) is 30.3 Å². The van der Waals surface area contributed by atoms with E-state index in [1.165, 1.54) is 19.3 Å². The molecular weight excluding hydrogens is 530 g/mol. The zero-order valence-electron chi connectivity index (χ0n) is 24.8. The smallest absolute Gasteiger partial charge is 0.329 e. The minimum absolute atomic E-state index is 0.0706. The molecule has 0 radical (unpaired) electrons. The molecule has 3 amide bonds. The number of nitrogens with one attached hydrogen (secondary N) is 3. The second-order valence-electron chi connectivity index (χ2n) is 11.3. The minimum atomic E-state index is -0.933. The van der Waals surface area contributed by atoms with E-state index in [0.29, 0.717) is 11.4 Å². The Balaban J connectivity index is 2.30. The van der Waals surface area contributed by atoms with Crippen molar-refractivity contribution < 1.29 is 23.9 Å². The van der Waals surface area contributed by atoms with E-state index >= 15 is 0 Å². The molecule has 3 N–H and O–H groups in total. The third-order valence-corrected chi connectivity index (χ3v) is 8.03. The third kappa shape index (κ3) is 11.1. The van der Waals surface area contributed by atoms with Gasteiger partial charge in [0.15, 0.2) is 0 Å². The van der Waals surface area contributed by atoms with Crippen LogP contribution in [0.4, 0.5) is 0 Å². The Morgan fingerprint density at radius 3 is 2.30 bits per heavy atom. The molecule has 1 heterocycles. The molecule has 1 aromatic rings. The molecule has 6 unspecified atom stereocenters. The minimum Gasteiger partial charge on any atom is -0.460 e. The van der Waals surface area contributed by atoms with Crippen LogP contribution in [0.3, 0.4) is 0 Å². The zero-order valence-corrected chi connectivity index (χ0v) is 25.5. The number of unbranched alkanes of at least 4 members (excludes halogenated alkanes) is 5. The van der Waals surface area contributed by atoms with Crippen molar-refractivity contribution in [2.75, 3.05) is 0 Å². The fourth-order valence-electron chi connectivity index (χ4n) is 4.89. The van der Waals surface area contributed by atoms with Gasteiger partial charge in [-0.2, -0.15) is 0 Å². The van der Waals surface area contributed by atoms with E-state index in [4.69, 9.17) is 16.3 Å². The van der Waals surface area contributed by atoms with Crippen LogP contribution in [-0.4, -0.2) is 47.9 Å². The van der Waals surface area contributed by atoms with Crippen molar-refractivity contribution in [2.45, 2.75) is 123 Å². The standard InChI is InChI=1S/C31H48ClN3O5/c1-6-8-9-10-11-12-14-21(4)26-19-27(36)34-25(18-23-15-13-16-24(32)17-23)30(38)33-22(5)29(37)35-28(20(3)7-2)31(39)40-26/h13,15-17,20-22,25-26,28H,6-12,14,18-19H2,1-5H3,(H,33,38)(H,34,36)(H,35,37). The van der Waals surface area contributed by atoms with Gasteiger partial charge < -0.3 is 20.7 Å². The number of cyclic esters (lactones) is 1. The molecular formula is C31H48ClN3O5.